The number of nitriles is 1. The van der Waals surface area contributed by atoms with E-state index in [-0.39, 0.29) is 30.7 Å². The first-order valence-corrected chi connectivity index (χ1v) is 10.7. The molecule has 2 aromatic heterocycles. The van der Waals surface area contributed by atoms with Gasteiger partial charge in [-0.1, -0.05) is 25.0 Å². The Morgan fingerprint density at radius 2 is 1.78 bits per heavy atom. The van der Waals surface area contributed by atoms with Crippen molar-refractivity contribution in [2.24, 2.45) is 11.8 Å². The second-order valence-corrected chi connectivity index (χ2v) is 8.20. The van der Waals surface area contributed by atoms with E-state index < -0.39 is 0 Å². The number of amides is 2. The number of rotatable bonds is 6. The molecule has 32 heavy (non-hydrogen) atoms. The Morgan fingerprint density at radius 3 is 2.44 bits per heavy atom. The van der Waals surface area contributed by atoms with Gasteiger partial charge in [0.15, 0.2) is 17.0 Å². The summed E-state index contributed by atoms with van der Waals surface area (Å²) < 4.78 is 1.72. The van der Waals surface area contributed by atoms with Crippen molar-refractivity contribution in [1.82, 2.24) is 24.4 Å². The monoisotopic (exact) mass is 430 g/mol. The second kappa shape index (κ2) is 8.01. The van der Waals surface area contributed by atoms with Crippen LogP contribution in [0, 0.1) is 17.2 Å². The summed E-state index contributed by atoms with van der Waals surface area (Å²) >= 11 is 0. The van der Waals surface area contributed by atoms with Crippen LogP contribution in [0.4, 0.5) is 5.82 Å². The van der Waals surface area contributed by atoms with Gasteiger partial charge in [0.05, 0.1) is 17.5 Å². The molecular weight excluding hydrogens is 408 g/mol. The van der Waals surface area contributed by atoms with Gasteiger partial charge in [-0.25, -0.2) is 10.8 Å². The zero-order valence-corrected chi connectivity index (χ0v) is 17.4. The summed E-state index contributed by atoms with van der Waals surface area (Å²) in [5.41, 5.74) is 1.77. The van der Waals surface area contributed by atoms with Gasteiger partial charge in [0.1, 0.15) is 6.07 Å². The highest BCUT2D eigenvalue weighted by molar-refractivity contribution is 6.21. The molecule has 3 heterocycles. The molecule has 3 aromatic rings. The fraction of sp³-hybridized carbons (Fsp3) is 0.364. The average molecular weight is 430 g/mol. The van der Waals surface area contributed by atoms with Crippen LogP contribution in [0.1, 0.15) is 52.2 Å². The predicted octanol–water partition coefficient (Wildman–Crippen LogP) is 1.86. The lowest BCUT2D eigenvalue weighted by atomic mass is 10.1. The predicted molar refractivity (Wildman–Crippen MR) is 115 cm³/mol. The number of anilines is 1. The van der Waals surface area contributed by atoms with E-state index in [2.05, 4.69) is 15.0 Å². The van der Waals surface area contributed by atoms with E-state index in [9.17, 15) is 14.9 Å². The minimum Gasteiger partial charge on any atom is -0.313 e. The van der Waals surface area contributed by atoms with Crippen LogP contribution in [0.15, 0.2) is 30.6 Å². The maximum atomic E-state index is 12.6. The normalized spacial score (nSPS) is 16.1. The van der Waals surface area contributed by atoms with E-state index in [4.69, 9.17) is 5.84 Å². The van der Waals surface area contributed by atoms with Gasteiger partial charge in [-0.05, 0) is 30.9 Å². The van der Waals surface area contributed by atoms with Gasteiger partial charge in [0, 0.05) is 19.6 Å². The third-order valence-corrected chi connectivity index (χ3v) is 6.19. The molecule has 10 heteroatoms. The number of nitrogens with two attached hydrogens (primary N) is 1. The van der Waals surface area contributed by atoms with Gasteiger partial charge < -0.3 is 4.57 Å². The lowest BCUT2D eigenvalue weighted by molar-refractivity contribution is 0.0649. The third kappa shape index (κ3) is 3.36. The maximum absolute atomic E-state index is 12.6. The zero-order valence-electron chi connectivity index (χ0n) is 17.4. The number of hydrazine groups is 1. The number of fused-ring (bicyclic) bond motifs is 2. The summed E-state index contributed by atoms with van der Waals surface area (Å²) in [5.74, 6) is 6.60. The quantitative estimate of drug-likeness (QED) is 0.356. The second-order valence-electron chi connectivity index (χ2n) is 8.20. The molecule has 0 radical (unpaired) electrons. The SMILES string of the molecule is N#Cc1nc(N(N)CC2CCCC2)c2ncn(CCN3C(=O)c4ccccc4C3=O)c2n1. The minimum atomic E-state index is -0.312. The molecule has 2 N–H and O–H groups in total. The van der Waals surface area contributed by atoms with Crippen molar-refractivity contribution in [2.45, 2.75) is 32.2 Å². The molecule has 2 aliphatic rings. The number of carbonyl (C=O) groups is 2. The summed E-state index contributed by atoms with van der Waals surface area (Å²) in [7, 11) is 0. The zero-order chi connectivity index (χ0) is 22.2. The standard InChI is InChI=1S/C22H22N8O2/c23-11-17-26-19-18(20(27-17)30(24)12-14-5-1-2-6-14)25-13-28(19)9-10-29-21(31)15-7-3-4-8-16(15)22(29)32/h3-4,7-8,13-14H,1-2,5-6,9-10,12,24H2. The smallest absolute Gasteiger partial charge is 0.261 e. The fourth-order valence-electron chi connectivity index (χ4n) is 4.55. The van der Waals surface area contributed by atoms with Crippen molar-refractivity contribution in [3.05, 3.63) is 47.5 Å². The molecule has 162 valence electrons. The number of hydrogen-bond acceptors (Lipinski definition) is 8. The van der Waals surface area contributed by atoms with Crippen LogP contribution < -0.4 is 10.9 Å². The van der Waals surface area contributed by atoms with Gasteiger partial charge in [0.2, 0.25) is 5.82 Å². The summed E-state index contributed by atoms with van der Waals surface area (Å²) in [6.07, 6.45) is 6.23. The lowest BCUT2D eigenvalue weighted by Gasteiger charge is -2.21. The van der Waals surface area contributed by atoms with Crippen LogP contribution in [-0.4, -0.2) is 49.3 Å². The Bertz CT molecular complexity index is 1220. The molecule has 1 saturated carbocycles. The number of aromatic nitrogens is 4. The van der Waals surface area contributed by atoms with E-state index in [1.54, 1.807) is 40.2 Å². The first-order valence-electron chi connectivity index (χ1n) is 10.7. The van der Waals surface area contributed by atoms with Crippen LogP contribution in [0.25, 0.3) is 11.2 Å². The Labute approximate surface area is 184 Å². The molecule has 1 aromatic carbocycles. The number of imidazole rings is 1. The lowest BCUT2D eigenvalue weighted by Crippen LogP contribution is -2.36. The Balaban J connectivity index is 1.40. The van der Waals surface area contributed by atoms with Gasteiger partial charge in [0.25, 0.3) is 11.8 Å². The summed E-state index contributed by atoms with van der Waals surface area (Å²) in [5, 5.41) is 11.0. The highest BCUT2D eigenvalue weighted by Gasteiger charge is 2.34. The highest BCUT2D eigenvalue weighted by Crippen LogP contribution is 2.28. The van der Waals surface area contributed by atoms with Gasteiger partial charge >= 0.3 is 0 Å². The molecule has 0 atom stereocenters. The Kier molecular flexibility index (Phi) is 5.03. The number of hydrogen-bond donors (Lipinski definition) is 1. The number of nitrogens with zero attached hydrogens (tertiary/aromatic N) is 7. The molecule has 10 nitrogen and oxygen atoms in total. The van der Waals surface area contributed by atoms with E-state index >= 15 is 0 Å². The first-order chi connectivity index (χ1) is 15.6. The number of benzene rings is 1. The summed E-state index contributed by atoms with van der Waals surface area (Å²) in [4.78, 5) is 39.5. The molecule has 1 aliphatic carbocycles. The maximum Gasteiger partial charge on any atom is 0.261 e. The molecule has 0 saturated heterocycles. The van der Waals surface area contributed by atoms with E-state index in [1.807, 2.05) is 6.07 Å². The first kappa shape index (κ1) is 20.1. The summed E-state index contributed by atoms with van der Waals surface area (Å²) in [6, 6.07) is 8.77. The number of carbonyl (C=O) groups excluding carboxylic acids is 2. The Hall–Kier alpha value is -3.84. The van der Waals surface area contributed by atoms with Crippen LogP contribution >= 0.6 is 0 Å². The third-order valence-electron chi connectivity index (χ3n) is 6.19. The summed E-state index contributed by atoms with van der Waals surface area (Å²) in [6.45, 7) is 1.09. The van der Waals surface area contributed by atoms with Crippen molar-refractivity contribution in [1.29, 1.82) is 5.26 Å². The molecule has 2 amide bonds. The topological polar surface area (TPSA) is 134 Å². The molecule has 0 unspecified atom stereocenters. The van der Waals surface area contributed by atoms with Crippen molar-refractivity contribution in [3.63, 3.8) is 0 Å². The van der Waals surface area contributed by atoms with Crippen LogP contribution in [0.3, 0.4) is 0 Å². The molecule has 1 fully saturated rings. The molecule has 5 rings (SSSR count). The van der Waals surface area contributed by atoms with E-state index in [0.29, 0.717) is 40.6 Å². The van der Waals surface area contributed by atoms with Crippen molar-refractivity contribution < 1.29 is 9.59 Å². The average Bonchev–Trinajstić information content (AvgIpc) is 3.52. The van der Waals surface area contributed by atoms with Gasteiger partial charge in [-0.15, -0.1) is 0 Å². The van der Waals surface area contributed by atoms with Crippen LogP contribution in [0.2, 0.25) is 0 Å². The molecular formula is C22H22N8O2. The number of imide groups is 1. The van der Waals surface area contributed by atoms with E-state index in [0.717, 1.165) is 12.8 Å². The van der Waals surface area contributed by atoms with Gasteiger partial charge in [-0.2, -0.15) is 15.2 Å². The highest BCUT2D eigenvalue weighted by atomic mass is 16.2. The molecule has 0 bridgehead atoms. The van der Waals surface area contributed by atoms with Gasteiger partial charge in [-0.3, -0.25) is 19.5 Å². The molecule has 0 spiro atoms. The Morgan fingerprint density at radius 1 is 1.09 bits per heavy atom. The molecule has 1 aliphatic heterocycles. The van der Waals surface area contributed by atoms with E-state index in [1.165, 1.54) is 17.7 Å². The van der Waals surface area contributed by atoms with Crippen molar-refractivity contribution >= 4 is 28.8 Å². The fourth-order valence-corrected chi connectivity index (χ4v) is 4.55. The van der Waals surface area contributed by atoms with Crippen LogP contribution in [0.5, 0.6) is 0 Å². The van der Waals surface area contributed by atoms with Crippen molar-refractivity contribution in [3.8, 4) is 6.07 Å². The van der Waals surface area contributed by atoms with Crippen LogP contribution in [-0.2, 0) is 6.54 Å². The van der Waals surface area contributed by atoms with Crippen molar-refractivity contribution in [2.75, 3.05) is 18.1 Å². The minimum absolute atomic E-state index is 0.00291. The largest absolute Gasteiger partial charge is 0.313 e.